The molecule has 0 heterocycles. The van der Waals surface area contributed by atoms with Crippen molar-refractivity contribution in [1.29, 1.82) is 0 Å². The molecule has 0 fully saturated rings. The normalized spacial score (nSPS) is 12.1. The molecule has 1 N–H and O–H groups in total. The fourth-order valence-corrected chi connectivity index (χ4v) is 2.17. The van der Waals surface area contributed by atoms with Crippen LogP contribution in [0.2, 0.25) is 0 Å². The second-order valence-electron chi connectivity index (χ2n) is 5.88. The molecule has 0 aliphatic carbocycles. The number of ether oxygens (including phenoxy) is 2. The van der Waals surface area contributed by atoms with Crippen molar-refractivity contribution in [2.45, 2.75) is 39.4 Å². The third kappa shape index (κ3) is 5.74. The van der Waals surface area contributed by atoms with Gasteiger partial charge in [-0.3, -0.25) is 4.79 Å². The Morgan fingerprint density at radius 3 is 2.24 bits per heavy atom. The summed E-state index contributed by atoms with van der Waals surface area (Å²) in [5, 5.41) is 2.67. The summed E-state index contributed by atoms with van der Waals surface area (Å²) in [6.07, 6.45) is -0.709. The second-order valence-corrected chi connectivity index (χ2v) is 5.88. The van der Waals surface area contributed by atoms with Crippen LogP contribution in [-0.2, 0) is 4.79 Å². The molecule has 1 amide bonds. The first-order valence-corrected chi connectivity index (χ1v) is 7.97. The summed E-state index contributed by atoms with van der Waals surface area (Å²) in [4.78, 5) is 12.2. The number of rotatable bonds is 7. The highest BCUT2D eigenvalue weighted by atomic mass is 19.3. The van der Waals surface area contributed by atoms with E-state index in [0.29, 0.717) is 17.4 Å². The zero-order chi connectivity index (χ0) is 18.4. The van der Waals surface area contributed by atoms with Crippen LogP contribution < -0.4 is 14.8 Å². The highest BCUT2D eigenvalue weighted by Gasteiger charge is 2.15. The van der Waals surface area contributed by atoms with E-state index < -0.39 is 12.7 Å². The van der Waals surface area contributed by atoms with E-state index in [-0.39, 0.29) is 11.7 Å². The Morgan fingerprint density at radius 2 is 1.64 bits per heavy atom. The van der Waals surface area contributed by atoms with Gasteiger partial charge in [0.1, 0.15) is 11.5 Å². The van der Waals surface area contributed by atoms with E-state index in [1.807, 2.05) is 18.2 Å². The fourth-order valence-electron chi connectivity index (χ4n) is 2.17. The topological polar surface area (TPSA) is 47.6 Å². The number of amides is 1. The van der Waals surface area contributed by atoms with Crippen molar-refractivity contribution in [1.82, 2.24) is 0 Å². The number of hydrogen-bond acceptors (Lipinski definition) is 3. The van der Waals surface area contributed by atoms with Crippen LogP contribution in [0.1, 0.15) is 32.3 Å². The summed E-state index contributed by atoms with van der Waals surface area (Å²) in [6.45, 7) is 2.93. The van der Waals surface area contributed by atoms with Gasteiger partial charge in [-0.25, -0.2) is 0 Å². The monoisotopic (exact) mass is 349 g/mol. The standard InChI is InChI=1S/C19H21F2NO3/c1-12(2)14-5-4-6-17(11-14)24-13(3)18(23)22-15-7-9-16(10-8-15)25-19(20)21/h4-13,19H,1-3H3,(H,22,23). The average Bonchev–Trinajstić information content (AvgIpc) is 2.56. The third-order valence-electron chi connectivity index (χ3n) is 3.55. The molecule has 0 saturated carbocycles. The molecule has 0 aliphatic heterocycles. The number of alkyl halides is 2. The Kier molecular flexibility index (Phi) is 6.33. The minimum absolute atomic E-state index is 0.0304. The highest BCUT2D eigenvalue weighted by Crippen LogP contribution is 2.22. The van der Waals surface area contributed by atoms with Gasteiger partial charge in [0, 0.05) is 5.69 Å². The molecular weight excluding hydrogens is 328 g/mol. The van der Waals surface area contributed by atoms with Crippen LogP contribution in [-0.4, -0.2) is 18.6 Å². The average molecular weight is 349 g/mol. The smallest absolute Gasteiger partial charge is 0.387 e. The van der Waals surface area contributed by atoms with Gasteiger partial charge in [-0.15, -0.1) is 0 Å². The van der Waals surface area contributed by atoms with Crippen molar-refractivity contribution in [2.75, 3.05) is 5.32 Å². The van der Waals surface area contributed by atoms with E-state index in [1.165, 1.54) is 24.3 Å². The molecule has 1 unspecified atom stereocenters. The summed E-state index contributed by atoms with van der Waals surface area (Å²) in [7, 11) is 0. The second kappa shape index (κ2) is 8.46. The Balaban J connectivity index is 1.95. The third-order valence-corrected chi connectivity index (χ3v) is 3.55. The first kappa shape index (κ1) is 18.7. The maximum absolute atomic E-state index is 12.2. The van der Waals surface area contributed by atoms with Crippen molar-refractivity contribution in [3.8, 4) is 11.5 Å². The predicted octanol–water partition coefficient (Wildman–Crippen LogP) is 4.82. The SMILES string of the molecule is CC(Oc1cccc(C(C)C)c1)C(=O)Nc1ccc(OC(F)F)cc1. The molecule has 0 saturated heterocycles. The Hall–Kier alpha value is -2.63. The van der Waals surface area contributed by atoms with Gasteiger partial charge in [-0.2, -0.15) is 8.78 Å². The Morgan fingerprint density at radius 1 is 0.960 bits per heavy atom. The lowest BCUT2D eigenvalue weighted by Gasteiger charge is -2.16. The van der Waals surface area contributed by atoms with Crippen molar-refractivity contribution in [3.63, 3.8) is 0 Å². The molecule has 4 nitrogen and oxygen atoms in total. The van der Waals surface area contributed by atoms with E-state index in [0.717, 1.165) is 5.56 Å². The lowest BCUT2D eigenvalue weighted by Crippen LogP contribution is -2.30. The van der Waals surface area contributed by atoms with Crippen LogP contribution in [0.4, 0.5) is 14.5 Å². The van der Waals surface area contributed by atoms with Gasteiger partial charge < -0.3 is 14.8 Å². The lowest BCUT2D eigenvalue weighted by molar-refractivity contribution is -0.122. The van der Waals surface area contributed by atoms with Crippen LogP contribution in [0.3, 0.4) is 0 Å². The molecule has 1 atom stereocenters. The summed E-state index contributed by atoms with van der Waals surface area (Å²) in [5.74, 6) is 0.677. The Labute approximate surface area is 145 Å². The Bertz CT molecular complexity index is 702. The molecule has 2 aromatic rings. The molecule has 134 valence electrons. The fraction of sp³-hybridized carbons (Fsp3) is 0.316. The van der Waals surface area contributed by atoms with E-state index >= 15 is 0 Å². The maximum atomic E-state index is 12.2. The molecule has 0 aromatic heterocycles. The van der Waals surface area contributed by atoms with Gasteiger partial charge in [-0.05, 0) is 54.8 Å². The molecule has 0 bridgehead atoms. The molecule has 2 aromatic carbocycles. The number of anilines is 1. The quantitative estimate of drug-likeness (QED) is 0.780. The van der Waals surface area contributed by atoms with Crippen molar-refractivity contribution in [3.05, 3.63) is 54.1 Å². The van der Waals surface area contributed by atoms with Gasteiger partial charge in [-0.1, -0.05) is 26.0 Å². The minimum Gasteiger partial charge on any atom is -0.481 e. The first-order chi connectivity index (χ1) is 11.8. The van der Waals surface area contributed by atoms with Crippen LogP contribution in [0.5, 0.6) is 11.5 Å². The maximum Gasteiger partial charge on any atom is 0.387 e. The summed E-state index contributed by atoms with van der Waals surface area (Å²) in [6, 6.07) is 13.3. The minimum atomic E-state index is -2.88. The van der Waals surface area contributed by atoms with Gasteiger partial charge in [0.25, 0.3) is 5.91 Å². The van der Waals surface area contributed by atoms with Gasteiger partial charge in [0.2, 0.25) is 0 Å². The number of halogens is 2. The van der Waals surface area contributed by atoms with Crippen LogP contribution in [0.15, 0.2) is 48.5 Å². The van der Waals surface area contributed by atoms with E-state index in [1.54, 1.807) is 13.0 Å². The molecular formula is C19H21F2NO3. The lowest BCUT2D eigenvalue weighted by atomic mass is 10.0. The molecule has 0 radical (unpaired) electrons. The molecule has 25 heavy (non-hydrogen) atoms. The predicted molar refractivity (Wildman–Crippen MR) is 92.3 cm³/mol. The van der Waals surface area contributed by atoms with Gasteiger partial charge >= 0.3 is 6.61 Å². The first-order valence-electron chi connectivity index (χ1n) is 7.97. The van der Waals surface area contributed by atoms with Gasteiger partial charge in [0.05, 0.1) is 0 Å². The zero-order valence-electron chi connectivity index (χ0n) is 14.3. The van der Waals surface area contributed by atoms with Crippen LogP contribution in [0.25, 0.3) is 0 Å². The summed E-state index contributed by atoms with van der Waals surface area (Å²) >= 11 is 0. The molecule has 0 spiro atoms. The summed E-state index contributed by atoms with van der Waals surface area (Å²) < 4.78 is 34.2. The van der Waals surface area contributed by atoms with Crippen LogP contribution >= 0.6 is 0 Å². The highest BCUT2D eigenvalue weighted by molar-refractivity contribution is 5.94. The number of hydrogen-bond donors (Lipinski definition) is 1. The van der Waals surface area contributed by atoms with Crippen molar-refractivity contribution in [2.24, 2.45) is 0 Å². The number of benzene rings is 2. The largest absolute Gasteiger partial charge is 0.481 e. The van der Waals surface area contributed by atoms with Crippen LogP contribution in [0, 0.1) is 0 Å². The van der Waals surface area contributed by atoms with E-state index in [2.05, 4.69) is 23.9 Å². The van der Waals surface area contributed by atoms with E-state index in [9.17, 15) is 13.6 Å². The number of carbonyl (C=O) groups is 1. The zero-order valence-corrected chi connectivity index (χ0v) is 14.3. The summed E-state index contributed by atoms with van der Waals surface area (Å²) in [5.41, 5.74) is 1.60. The number of carbonyl (C=O) groups excluding carboxylic acids is 1. The van der Waals surface area contributed by atoms with Crippen molar-refractivity contribution < 1.29 is 23.0 Å². The van der Waals surface area contributed by atoms with Crippen molar-refractivity contribution >= 4 is 11.6 Å². The molecule has 0 aliphatic rings. The molecule has 6 heteroatoms. The van der Waals surface area contributed by atoms with E-state index in [4.69, 9.17) is 4.74 Å². The molecule has 2 rings (SSSR count). The van der Waals surface area contributed by atoms with Gasteiger partial charge in [0.15, 0.2) is 6.10 Å². The number of nitrogens with one attached hydrogen (secondary N) is 1.